The third kappa shape index (κ3) is 5.01. The predicted molar refractivity (Wildman–Crippen MR) is 96.1 cm³/mol. The summed E-state index contributed by atoms with van der Waals surface area (Å²) in [6.07, 6.45) is 7.88. The van der Waals surface area contributed by atoms with Crippen molar-refractivity contribution in [1.82, 2.24) is 20.1 Å². The molecule has 2 heterocycles. The SMILES string of the molecule is CC1CCC(NC(=O)CN2CCN(C(=O)c3cccnc3)CC2)CC1. The first-order chi connectivity index (χ1) is 12.1. The summed E-state index contributed by atoms with van der Waals surface area (Å²) in [7, 11) is 0. The van der Waals surface area contributed by atoms with Crippen LogP contribution >= 0.6 is 0 Å². The van der Waals surface area contributed by atoms with Crippen LogP contribution in [0, 0.1) is 5.92 Å². The topological polar surface area (TPSA) is 65.5 Å². The Bertz CT molecular complexity index is 576. The van der Waals surface area contributed by atoms with Crippen molar-refractivity contribution in [2.45, 2.75) is 38.6 Å². The lowest BCUT2D eigenvalue weighted by Gasteiger charge is -2.35. The zero-order chi connectivity index (χ0) is 17.6. The number of nitrogens with one attached hydrogen (secondary N) is 1. The maximum absolute atomic E-state index is 12.4. The van der Waals surface area contributed by atoms with Crippen molar-refractivity contribution < 1.29 is 9.59 Å². The first-order valence-corrected chi connectivity index (χ1v) is 9.33. The minimum absolute atomic E-state index is 0.0218. The molecule has 0 spiro atoms. The van der Waals surface area contributed by atoms with E-state index in [1.807, 2.05) is 4.90 Å². The number of hydrogen-bond donors (Lipinski definition) is 1. The van der Waals surface area contributed by atoms with Crippen molar-refractivity contribution >= 4 is 11.8 Å². The van der Waals surface area contributed by atoms with E-state index in [4.69, 9.17) is 0 Å². The number of nitrogens with zero attached hydrogens (tertiary/aromatic N) is 3. The van der Waals surface area contributed by atoms with Crippen molar-refractivity contribution in [1.29, 1.82) is 0 Å². The van der Waals surface area contributed by atoms with Crippen LogP contribution in [-0.2, 0) is 4.79 Å². The molecular formula is C19H28N4O2. The lowest BCUT2D eigenvalue weighted by molar-refractivity contribution is -0.123. The average Bonchev–Trinajstić information content (AvgIpc) is 2.64. The van der Waals surface area contributed by atoms with Gasteiger partial charge in [-0.15, -0.1) is 0 Å². The second kappa shape index (κ2) is 8.43. The van der Waals surface area contributed by atoms with Crippen LogP contribution in [0.5, 0.6) is 0 Å². The molecule has 1 saturated heterocycles. The van der Waals surface area contributed by atoms with Crippen LogP contribution in [0.3, 0.4) is 0 Å². The summed E-state index contributed by atoms with van der Waals surface area (Å²) in [5.41, 5.74) is 0.625. The first-order valence-electron chi connectivity index (χ1n) is 9.33. The van der Waals surface area contributed by atoms with Gasteiger partial charge in [-0.05, 0) is 43.7 Å². The number of hydrogen-bond acceptors (Lipinski definition) is 4. The molecule has 2 amide bonds. The minimum atomic E-state index is 0.0218. The number of rotatable bonds is 4. The van der Waals surface area contributed by atoms with Gasteiger partial charge in [-0.25, -0.2) is 0 Å². The highest BCUT2D eigenvalue weighted by atomic mass is 16.2. The van der Waals surface area contributed by atoms with E-state index in [0.29, 0.717) is 31.2 Å². The highest BCUT2D eigenvalue weighted by molar-refractivity contribution is 5.94. The molecular weight excluding hydrogens is 316 g/mol. The highest BCUT2D eigenvalue weighted by Crippen LogP contribution is 2.23. The molecule has 2 aliphatic rings. The van der Waals surface area contributed by atoms with Gasteiger partial charge in [-0.2, -0.15) is 0 Å². The van der Waals surface area contributed by atoms with Gasteiger partial charge < -0.3 is 10.2 Å². The lowest BCUT2D eigenvalue weighted by atomic mass is 9.87. The van der Waals surface area contributed by atoms with E-state index >= 15 is 0 Å². The smallest absolute Gasteiger partial charge is 0.255 e. The van der Waals surface area contributed by atoms with Crippen molar-refractivity contribution in [3.63, 3.8) is 0 Å². The minimum Gasteiger partial charge on any atom is -0.352 e. The zero-order valence-corrected chi connectivity index (χ0v) is 15.0. The van der Waals surface area contributed by atoms with Gasteiger partial charge in [0.25, 0.3) is 5.91 Å². The number of amides is 2. The summed E-state index contributed by atoms with van der Waals surface area (Å²) in [5, 5.41) is 3.18. The zero-order valence-electron chi connectivity index (χ0n) is 15.0. The third-order valence-electron chi connectivity index (χ3n) is 5.32. The Morgan fingerprint density at radius 3 is 2.52 bits per heavy atom. The summed E-state index contributed by atoms with van der Waals surface area (Å²) < 4.78 is 0. The fraction of sp³-hybridized carbons (Fsp3) is 0.632. The monoisotopic (exact) mass is 344 g/mol. The van der Waals surface area contributed by atoms with Crippen LogP contribution < -0.4 is 5.32 Å². The van der Waals surface area contributed by atoms with Gasteiger partial charge in [0.2, 0.25) is 5.91 Å². The standard InChI is InChI=1S/C19H28N4O2/c1-15-4-6-17(7-5-15)21-18(24)14-22-9-11-23(12-10-22)19(25)16-3-2-8-20-13-16/h2-3,8,13,15,17H,4-7,9-12,14H2,1H3,(H,21,24). The second-order valence-corrected chi connectivity index (χ2v) is 7.33. The van der Waals surface area contributed by atoms with E-state index in [-0.39, 0.29) is 11.8 Å². The fourth-order valence-electron chi connectivity index (χ4n) is 3.66. The summed E-state index contributed by atoms with van der Waals surface area (Å²) in [5.74, 6) is 0.929. The van der Waals surface area contributed by atoms with Gasteiger partial charge >= 0.3 is 0 Å². The fourth-order valence-corrected chi connectivity index (χ4v) is 3.66. The van der Waals surface area contributed by atoms with Crippen molar-refractivity contribution in [3.8, 4) is 0 Å². The summed E-state index contributed by atoms with van der Waals surface area (Å²) in [6.45, 7) is 5.50. The van der Waals surface area contributed by atoms with E-state index < -0.39 is 0 Å². The van der Waals surface area contributed by atoms with Gasteiger partial charge in [-0.1, -0.05) is 6.92 Å². The Kier molecular flexibility index (Phi) is 6.02. The molecule has 0 atom stereocenters. The number of aromatic nitrogens is 1. The predicted octanol–water partition coefficient (Wildman–Crippen LogP) is 1.53. The molecule has 0 unspecified atom stereocenters. The quantitative estimate of drug-likeness (QED) is 0.900. The number of carbonyl (C=O) groups is 2. The average molecular weight is 344 g/mol. The van der Waals surface area contributed by atoms with E-state index in [1.54, 1.807) is 24.5 Å². The molecule has 1 N–H and O–H groups in total. The lowest BCUT2D eigenvalue weighted by Crippen LogP contribution is -2.52. The molecule has 2 fully saturated rings. The molecule has 0 bridgehead atoms. The largest absolute Gasteiger partial charge is 0.352 e. The van der Waals surface area contributed by atoms with E-state index in [2.05, 4.69) is 22.1 Å². The molecule has 1 saturated carbocycles. The Labute approximate surface area is 149 Å². The van der Waals surface area contributed by atoms with Crippen molar-refractivity contribution in [2.24, 2.45) is 5.92 Å². The second-order valence-electron chi connectivity index (χ2n) is 7.33. The summed E-state index contributed by atoms with van der Waals surface area (Å²) in [6, 6.07) is 3.91. The number of carbonyl (C=O) groups excluding carboxylic acids is 2. The number of piperazine rings is 1. The molecule has 1 aromatic rings. The molecule has 1 aliphatic heterocycles. The molecule has 0 aromatic carbocycles. The molecule has 6 nitrogen and oxygen atoms in total. The van der Waals surface area contributed by atoms with Crippen LogP contribution in [0.4, 0.5) is 0 Å². The van der Waals surface area contributed by atoms with Crippen molar-refractivity contribution in [2.75, 3.05) is 32.7 Å². The molecule has 0 radical (unpaired) electrons. The van der Waals surface area contributed by atoms with Gasteiger partial charge in [0.15, 0.2) is 0 Å². The van der Waals surface area contributed by atoms with Gasteiger partial charge in [-0.3, -0.25) is 19.5 Å². The van der Waals surface area contributed by atoms with Gasteiger partial charge in [0.1, 0.15) is 0 Å². The summed E-state index contributed by atoms with van der Waals surface area (Å²) >= 11 is 0. The van der Waals surface area contributed by atoms with Crippen LogP contribution in [0.2, 0.25) is 0 Å². The Hall–Kier alpha value is -1.95. The normalized spacial score (nSPS) is 24.8. The van der Waals surface area contributed by atoms with Gasteiger partial charge in [0, 0.05) is 44.6 Å². The van der Waals surface area contributed by atoms with E-state index in [9.17, 15) is 9.59 Å². The third-order valence-corrected chi connectivity index (χ3v) is 5.32. The first kappa shape index (κ1) is 17.9. The van der Waals surface area contributed by atoms with Crippen LogP contribution in [0.25, 0.3) is 0 Å². The van der Waals surface area contributed by atoms with Crippen LogP contribution in [0.1, 0.15) is 43.0 Å². The van der Waals surface area contributed by atoms with Crippen molar-refractivity contribution in [3.05, 3.63) is 30.1 Å². The highest BCUT2D eigenvalue weighted by Gasteiger charge is 2.25. The maximum atomic E-state index is 12.4. The molecule has 1 aliphatic carbocycles. The van der Waals surface area contributed by atoms with Crippen LogP contribution in [-0.4, -0.2) is 65.4 Å². The number of pyridine rings is 1. The Balaban J connectivity index is 1.40. The molecule has 136 valence electrons. The van der Waals surface area contributed by atoms with Crippen LogP contribution in [0.15, 0.2) is 24.5 Å². The van der Waals surface area contributed by atoms with Gasteiger partial charge in [0.05, 0.1) is 12.1 Å². The molecule has 25 heavy (non-hydrogen) atoms. The Morgan fingerprint density at radius 2 is 1.88 bits per heavy atom. The molecule has 1 aromatic heterocycles. The van der Waals surface area contributed by atoms with E-state index in [1.165, 1.54) is 12.8 Å². The summed E-state index contributed by atoms with van der Waals surface area (Å²) in [4.78, 5) is 32.6. The molecule has 6 heteroatoms. The van der Waals surface area contributed by atoms with E-state index in [0.717, 1.165) is 31.8 Å². The Morgan fingerprint density at radius 1 is 1.16 bits per heavy atom. The molecule has 3 rings (SSSR count). The maximum Gasteiger partial charge on any atom is 0.255 e.